The number of furan rings is 1. The number of aromatic nitrogens is 3. The van der Waals surface area contributed by atoms with E-state index in [0.717, 1.165) is 5.56 Å². The molecule has 0 aliphatic heterocycles. The summed E-state index contributed by atoms with van der Waals surface area (Å²) in [6, 6.07) is 11.2. The van der Waals surface area contributed by atoms with Crippen molar-refractivity contribution in [1.29, 1.82) is 0 Å². The number of nitrogens with one attached hydrogen (secondary N) is 1. The smallest absolute Gasteiger partial charge is 0.216 e. The van der Waals surface area contributed by atoms with Crippen LogP contribution >= 0.6 is 23.8 Å². The zero-order valence-corrected chi connectivity index (χ0v) is 12.6. The number of aromatic amines is 1. The number of hydrogen-bond acceptors (Lipinski definition) is 4. The van der Waals surface area contributed by atoms with E-state index in [9.17, 15) is 0 Å². The third kappa shape index (κ3) is 2.81. The summed E-state index contributed by atoms with van der Waals surface area (Å²) >= 11 is 11.2. The minimum Gasteiger partial charge on any atom is -0.455 e. The van der Waals surface area contributed by atoms with E-state index in [1.54, 1.807) is 13.1 Å². The van der Waals surface area contributed by atoms with Crippen LogP contribution in [0.25, 0.3) is 11.3 Å². The first-order valence-corrected chi connectivity index (χ1v) is 6.97. The predicted octanol–water partition coefficient (Wildman–Crippen LogP) is 4.04. The second kappa shape index (κ2) is 5.67. The Morgan fingerprint density at radius 3 is 2.86 bits per heavy atom. The van der Waals surface area contributed by atoms with Crippen molar-refractivity contribution < 1.29 is 4.42 Å². The Balaban J connectivity index is 1.90. The lowest BCUT2D eigenvalue weighted by molar-refractivity contribution is 0.574. The first kappa shape index (κ1) is 13.8. The average molecular weight is 319 g/mol. The van der Waals surface area contributed by atoms with Gasteiger partial charge < -0.3 is 4.42 Å². The van der Waals surface area contributed by atoms with Crippen molar-refractivity contribution in [2.45, 2.75) is 6.92 Å². The number of H-pyrrole nitrogens is 1. The Hall–Kier alpha value is -2.18. The molecule has 1 N–H and O–H groups in total. The van der Waals surface area contributed by atoms with Crippen LogP contribution in [0.5, 0.6) is 0 Å². The van der Waals surface area contributed by atoms with Crippen LogP contribution in [-0.4, -0.2) is 21.1 Å². The highest BCUT2D eigenvalue weighted by atomic mass is 35.5. The van der Waals surface area contributed by atoms with Crippen LogP contribution in [0.15, 0.2) is 45.9 Å². The number of aryl methyl sites for hydroxylation is 1. The molecule has 0 bridgehead atoms. The van der Waals surface area contributed by atoms with Crippen molar-refractivity contribution in [3.63, 3.8) is 0 Å². The molecular weight excluding hydrogens is 308 g/mol. The van der Waals surface area contributed by atoms with Gasteiger partial charge in [-0.1, -0.05) is 23.7 Å². The molecular formula is C14H11ClN4OS. The monoisotopic (exact) mass is 318 g/mol. The predicted molar refractivity (Wildman–Crippen MR) is 84.3 cm³/mol. The minimum atomic E-state index is 0.432. The first-order chi connectivity index (χ1) is 10.1. The maximum absolute atomic E-state index is 6.14. The van der Waals surface area contributed by atoms with Crippen LogP contribution in [0.3, 0.4) is 0 Å². The maximum Gasteiger partial charge on any atom is 0.216 e. The SMILES string of the molecule is Cc1n[nH]c(=S)n1/N=C/c1ccc(-c2ccccc2Cl)o1. The molecule has 3 aromatic rings. The summed E-state index contributed by atoms with van der Waals surface area (Å²) in [5.41, 5.74) is 0.843. The normalized spacial score (nSPS) is 11.3. The second-order valence-electron chi connectivity index (χ2n) is 4.31. The van der Waals surface area contributed by atoms with Gasteiger partial charge >= 0.3 is 0 Å². The molecule has 0 aliphatic rings. The van der Waals surface area contributed by atoms with E-state index in [1.807, 2.05) is 36.4 Å². The molecule has 2 aromatic heterocycles. The molecule has 1 aromatic carbocycles. The Labute approximate surface area is 130 Å². The van der Waals surface area contributed by atoms with Crippen molar-refractivity contribution in [2.75, 3.05) is 0 Å². The zero-order valence-electron chi connectivity index (χ0n) is 11.1. The van der Waals surface area contributed by atoms with Crippen LogP contribution in [0.4, 0.5) is 0 Å². The van der Waals surface area contributed by atoms with Gasteiger partial charge in [0.25, 0.3) is 0 Å². The van der Waals surface area contributed by atoms with Gasteiger partial charge in [-0.05, 0) is 43.4 Å². The third-order valence-electron chi connectivity index (χ3n) is 2.88. The summed E-state index contributed by atoms with van der Waals surface area (Å²) in [5, 5.41) is 11.5. The van der Waals surface area contributed by atoms with E-state index >= 15 is 0 Å². The standard InChI is InChI=1S/C14H11ClN4OS/c1-9-17-18-14(21)19(9)16-8-10-6-7-13(20-10)11-4-2-3-5-12(11)15/h2-8H,1H3,(H,18,21)/b16-8+. The van der Waals surface area contributed by atoms with Gasteiger partial charge in [-0.15, -0.1) is 0 Å². The summed E-state index contributed by atoms with van der Waals surface area (Å²) in [6.45, 7) is 1.81. The van der Waals surface area contributed by atoms with Gasteiger partial charge in [0.1, 0.15) is 17.3 Å². The summed E-state index contributed by atoms with van der Waals surface area (Å²) in [6.07, 6.45) is 1.58. The molecule has 0 aliphatic carbocycles. The van der Waals surface area contributed by atoms with Gasteiger partial charge in [-0.3, -0.25) is 5.10 Å². The number of rotatable bonds is 3. The fourth-order valence-corrected chi connectivity index (χ4v) is 2.30. The Morgan fingerprint density at radius 1 is 1.33 bits per heavy atom. The van der Waals surface area contributed by atoms with Crippen LogP contribution in [0.1, 0.15) is 11.6 Å². The molecule has 21 heavy (non-hydrogen) atoms. The van der Waals surface area contributed by atoms with Crippen molar-refractivity contribution >= 4 is 30.0 Å². The molecule has 7 heteroatoms. The summed E-state index contributed by atoms with van der Waals surface area (Å²) in [5.74, 6) is 1.97. The third-order valence-corrected chi connectivity index (χ3v) is 3.47. The van der Waals surface area contributed by atoms with E-state index in [1.165, 1.54) is 4.68 Å². The van der Waals surface area contributed by atoms with Crippen molar-refractivity contribution in [3.8, 4) is 11.3 Å². The van der Waals surface area contributed by atoms with Gasteiger partial charge in [0, 0.05) is 5.56 Å². The van der Waals surface area contributed by atoms with E-state index in [4.69, 9.17) is 28.2 Å². The maximum atomic E-state index is 6.14. The molecule has 0 radical (unpaired) electrons. The fourth-order valence-electron chi connectivity index (χ4n) is 1.85. The Morgan fingerprint density at radius 2 is 2.14 bits per heavy atom. The molecule has 106 valence electrons. The lowest BCUT2D eigenvalue weighted by atomic mass is 10.2. The van der Waals surface area contributed by atoms with Crippen molar-refractivity contribution in [3.05, 3.63) is 57.8 Å². The summed E-state index contributed by atoms with van der Waals surface area (Å²) < 4.78 is 7.67. The van der Waals surface area contributed by atoms with Gasteiger partial charge in [0.2, 0.25) is 4.77 Å². The second-order valence-corrected chi connectivity index (χ2v) is 5.11. The highest BCUT2D eigenvalue weighted by Gasteiger charge is 2.07. The van der Waals surface area contributed by atoms with E-state index in [-0.39, 0.29) is 0 Å². The molecule has 0 saturated heterocycles. The van der Waals surface area contributed by atoms with E-state index < -0.39 is 0 Å². The fraction of sp³-hybridized carbons (Fsp3) is 0.0714. The zero-order chi connectivity index (χ0) is 14.8. The number of benzene rings is 1. The van der Waals surface area contributed by atoms with Crippen LogP contribution in [0, 0.1) is 11.7 Å². The van der Waals surface area contributed by atoms with Gasteiger partial charge in [0.05, 0.1) is 11.2 Å². The summed E-state index contributed by atoms with van der Waals surface area (Å²) in [7, 11) is 0. The van der Waals surface area contributed by atoms with Crippen LogP contribution in [0.2, 0.25) is 5.02 Å². The molecule has 0 amide bonds. The molecule has 0 spiro atoms. The minimum absolute atomic E-state index is 0.432. The highest BCUT2D eigenvalue weighted by Crippen LogP contribution is 2.28. The Bertz CT molecular complexity index is 862. The van der Waals surface area contributed by atoms with Crippen molar-refractivity contribution in [2.24, 2.45) is 5.10 Å². The van der Waals surface area contributed by atoms with Crippen LogP contribution in [-0.2, 0) is 0 Å². The van der Waals surface area contributed by atoms with Crippen molar-refractivity contribution in [1.82, 2.24) is 14.9 Å². The lowest BCUT2D eigenvalue weighted by Gasteiger charge is -1.98. The van der Waals surface area contributed by atoms with Gasteiger partial charge in [-0.2, -0.15) is 14.9 Å². The molecule has 0 atom stereocenters. The topological polar surface area (TPSA) is 59.1 Å². The molecule has 5 nitrogen and oxygen atoms in total. The van der Waals surface area contributed by atoms with Gasteiger partial charge in [-0.25, -0.2) is 0 Å². The lowest BCUT2D eigenvalue weighted by Crippen LogP contribution is -1.92. The highest BCUT2D eigenvalue weighted by molar-refractivity contribution is 7.71. The summed E-state index contributed by atoms with van der Waals surface area (Å²) in [4.78, 5) is 0. The number of nitrogens with zero attached hydrogens (tertiary/aromatic N) is 3. The largest absolute Gasteiger partial charge is 0.455 e. The average Bonchev–Trinajstić information content (AvgIpc) is 3.05. The Kier molecular flexibility index (Phi) is 3.72. The van der Waals surface area contributed by atoms with E-state index in [0.29, 0.717) is 27.1 Å². The van der Waals surface area contributed by atoms with E-state index in [2.05, 4.69) is 15.3 Å². The molecule has 0 fully saturated rings. The number of halogens is 1. The van der Waals surface area contributed by atoms with Crippen LogP contribution < -0.4 is 0 Å². The molecule has 2 heterocycles. The molecule has 0 unspecified atom stereocenters. The number of hydrogen-bond donors (Lipinski definition) is 1. The molecule has 3 rings (SSSR count). The molecule has 0 saturated carbocycles. The van der Waals surface area contributed by atoms with Gasteiger partial charge in [0.15, 0.2) is 0 Å². The quantitative estimate of drug-likeness (QED) is 0.585. The first-order valence-electron chi connectivity index (χ1n) is 6.18.